The van der Waals surface area contributed by atoms with E-state index in [1.807, 2.05) is 0 Å². The van der Waals surface area contributed by atoms with Crippen LogP contribution in [-0.2, 0) is 4.79 Å². The van der Waals surface area contributed by atoms with E-state index in [4.69, 9.17) is 0 Å². The summed E-state index contributed by atoms with van der Waals surface area (Å²) in [5.74, 6) is -0.909. The topological polar surface area (TPSA) is 40.1 Å². The third kappa shape index (κ3) is 30.7. The molecule has 3 heteroatoms. The molecule has 2 radical (unpaired) electrons. The van der Waals surface area contributed by atoms with Gasteiger partial charge in [0.1, 0.15) is 0 Å². The summed E-state index contributed by atoms with van der Waals surface area (Å²) in [6.45, 7) is 6.81. The van der Waals surface area contributed by atoms with Crippen LogP contribution in [0.4, 0.5) is 0 Å². The summed E-state index contributed by atoms with van der Waals surface area (Å²) in [6.07, 6.45) is 17.0. The van der Waals surface area contributed by atoms with E-state index in [0.717, 1.165) is 12.8 Å². The predicted octanol–water partition coefficient (Wildman–Crippen LogP) is 5.78. The van der Waals surface area contributed by atoms with Gasteiger partial charge in [-0.2, -0.15) is 0 Å². The van der Waals surface area contributed by atoms with Gasteiger partial charge in [-0.25, -0.2) is 0 Å². The number of carbonyl (C=O) groups is 1. The predicted molar refractivity (Wildman–Crippen MR) is 102 cm³/mol. The number of carbonyl (C=O) groups excluding carboxylic acids is 1. The summed E-state index contributed by atoms with van der Waals surface area (Å²) >= 11 is 0.0681. The minimum absolute atomic E-state index is 0.0681. The molecular formula is C20H41BiO2. The van der Waals surface area contributed by atoms with E-state index in [2.05, 4.69) is 20.8 Å². The summed E-state index contributed by atoms with van der Waals surface area (Å²) < 4.78 is 3.27. The van der Waals surface area contributed by atoms with Crippen molar-refractivity contribution in [3.63, 3.8) is 0 Å². The van der Waals surface area contributed by atoms with Crippen molar-refractivity contribution in [1.29, 1.82) is 0 Å². The molecule has 2 nitrogen and oxygen atoms in total. The Balaban J connectivity index is 0. The maximum absolute atomic E-state index is 10.1. The molecule has 0 aliphatic heterocycles. The van der Waals surface area contributed by atoms with E-state index in [-0.39, 0.29) is 29.7 Å². The van der Waals surface area contributed by atoms with E-state index in [1.165, 1.54) is 70.6 Å². The fraction of sp³-hybridized carbons (Fsp3) is 0.950. The molecule has 0 spiro atoms. The number of aliphatic carboxylic acids is 1. The molecule has 0 heterocycles. The van der Waals surface area contributed by atoms with Crippen LogP contribution in [0.5, 0.6) is 0 Å². The number of rotatable bonds is 16. The second-order valence-electron chi connectivity index (χ2n) is 6.33. The quantitative estimate of drug-likeness (QED) is 0.190. The van der Waals surface area contributed by atoms with Crippen LogP contribution in [-0.4, -0.2) is 29.2 Å². The molecule has 0 saturated heterocycles. The Morgan fingerprint density at radius 2 is 1.04 bits per heavy atom. The summed E-state index contributed by atoms with van der Waals surface area (Å²) in [5, 5.41) is 10.1. The Hall–Kier alpha value is 0.353. The van der Waals surface area contributed by atoms with Crippen molar-refractivity contribution in [2.24, 2.45) is 0 Å². The molecule has 0 aromatic heterocycles. The zero-order valence-corrected chi connectivity index (χ0v) is 19.6. The van der Waals surface area contributed by atoms with E-state index in [0.29, 0.717) is 0 Å². The molecule has 0 aromatic rings. The summed E-state index contributed by atoms with van der Waals surface area (Å²) in [6, 6.07) is 0. The molecule has 23 heavy (non-hydrogen) atoms. The first-order chi connectivity index (χ1) is 11.2. The molecule has 0 bridgehead atoms. The Labute approximate surface area is 157 Å². The van der Waals surface area contributed by atoms with Crippen LogP contribution < -0.4 is 5.11 Å². The van der Waals surface area contributed by atoms with Crippen LogP contribution >= 0.6 is 0 Å². The van der Waals surface area contributed by atoms with Gasteiger partial charge in [-0.3, -0.25) is 0 Å². The van der Waals surface area contributed by atoms with Gasteiger partial charge < -0.3 is 9.90 Å². The number of hydrogen-bond acceptors (Lipinski definition) is 2. The van der Waals surface area contributed by atoms with Gasteiger partial charge >= 0.3 is 71.0 Å². The average Bonchev–Trinajstić information content (AvgIpc) is 2.54. The van der Waals surface area contributed by atoms with E-state index < -0.39 is 5.97 Å². The molecule has 0 aliphatic rings. The molecule has 0 unspecified atom stereocenters. The third-order valence-corrected chi connectivity index (χ3v) is 8.74. The zero-order valence-electron chi connectivity index (χ0n) is 16.1. The standard InChI is InChI=1S/C12H24O2.2C4H9.Bi/c1-2-3-4-5-6-7-8-9-10-11-12(13)14;2*1-3-4-2;/h2-11H2,1H3,(H,13,14);2*1,3-4H2,2H3;/q;;;+1/p-1. The normalized spacial score (nSPS) is 10.2. The Morgan fingerprint density at radius 1 is 0.652 bits per heavy atom. The van der Waals surface area contributed by atoms with Crippen LogP contribution in [0.2, 0.25) is 8.26 Å². The number of unbranched alkanes of at least 4 members (excludes halogenated alkanes) is 10. The molecule has 138 valence electrons. The van der Waals surface area contributed by atoms with Crippen molar-refractivity contribution in [2.45, 2.75) is 119 Å². The van der Waals surface area contributed by atoms with Crippen molar-refractivity contribution < 1.29 is 9.90 Å². The van der Waals surface area contributed by atoms with Crippen molar-refractivity contribution in [2.75, 3.05) is 0 Å². The number of carboxylic acid groups (broad SMARTS) is 1. The molecule has 0 N–H and O–H groups in total. The first kappa shape index (κ1) is 25.6. The minimum atomic E-state index is -0.909. The van der Waals surface area contributed by atoms with E-state index in [1.54, 1.807) is 8.26 Å². The fourth-order valence-electron chi connectivity index (χ4n) is 2.23. The maximum atomic E-state index is 10.1. The van der Waals surface area contributed by atoms with Gasteiger partial charge in [-0.05, 0) is 12.8 Å². The van der Waals surface area contributed by atoms with Gasteiger partial charge in [0.15, 0.2) is 0 Å². The molecule has 0 aliphatic carbocycles. The molecule has 0 amide bonds. The molecule has 0 fully saturated rings. The molecule has 0 saturated carbocycles. The van der Waals surface area contributed by atoms with Crippen molar-refractivity contribution in [3.05, 3.63) is 0 Å². The van der Waals surface area contributed by atoms with Gasteiger partial charge in [0.2, 0.25) is 0 Å². The van der Waals surface area contributed by atoms with Crippen LogP contribution in [0.3, 0.4) is 0 Å². The number of carboxylic acids is 1. The Kier molecular flexibility index (Phi) is 27.4. The van der Waals surface area contributed by atoms with Gasteiger partial charge in [-0.1, -0.05) is 58.3 Å². The second kappa shape index (κ2) is 24.6. The molecule has 0 aromatic carbocycles. The van der Waals surface area contributed by atoms with Gasteiger partial charge in [-0.15, -0.1) is 0 Å². The van der Waals surface area contributed by atoms with Gasteiger partial charge in [0.25, 0.3) is 0 Å². The van der Waals surface area contributed by atoms with Crippen LogP contribution in [0.25, 0.3) is 0 Å². The van der Waals surface area contributed by atoms with Gasteiger partial charge in [0.05, 0.1) is 0 Å². The monoisotopic (exact) mass is 522 g/mol. The first-order valence-electron chi connectivity index (χ1n) is 10.0. The summed E-state index contributed by atoms with van der Waals surface area (Å²) in [5.41, 5.74) is 0. The second-order valence-corrected chi connectivity index (χ2v) is 11.5. The van der Waals surface area contributed by atoms with E-state index in [9.17, 15) is 9.90 Å². The summed E-state index contributed by atoms with van der Waals surface area (Å²) in [7, 11) is 0. The molecular weight excluding hydrogens is 481 g/mol. The zero-order chi connectivity index (χ0) is 17.6. The van der Waals surface area contributed by atoms with Crippen LogP contribution in [0.1, 0.15) is 111 Å². The van der Waals surface area contributed by atoms with Crippen molar-refractivity contribution >= 4 is 29.2 Å². The Morgan fingerprint density at radius 3 is 1.43 bits per heavy atom. The molecule has 0 atom stereocenters. The number of hydrogen-bond donors (Lipinski definition) is 0. The third-order valence-electron chi connectivity index (χ3n) is 3.82. The SMILES string of the molecule is CCCCCCCCCCCC(=O)[O-].CCC[CH2][Bi+][CH2]CCC. The van der Waals surface area contributed by atoms with Crippen LogP contribution in [0.15, 0.2) is 0 Å². The van der Waals surface area contributed by atoms with Gasteiger partial charge in [0, 0.05) is 5.97 Å². The fourth-order valence-corrected chi connectivity index (χ4v) is 7.30. The summed E-state index contributed by atoms with van der Waals surface area (Å²) in [4.78, 5) is 10.1. The Bertz CT molecular complexity index is 214. The van der Waals surface area contributed by atoms with Crippen molar-refractivity contribution in [3.8, 4) is 0 Å². The first-order valence-corrected chi connectivity index (χ1v) is 14.9. The average molecular weight is 523 g/mol. The molecule has 0 rings (SSSR count). The van der Waals surface area contributed by atoms with Crippen molar-refractivity contribution in [1.82, 2.24) is 0 Å². The van der Waals surface area contributed by atoms with Crippen LogP contribution in [0, 0.1) is 0 Å². The van der Waals surface area contributed by atoms with E-state index >= 15 is 0 Å².